The fourth-order valence-corrected chi connectivity index (χ4v) is 3.44. The molecule has 0 fully saturated rings. The van der Waals surface area contributed by atoms with Crippen LogP contribution in [0.2, 0.25) is 0 Å². The lowest BCUT2D eigenvalue weighted by Crippen LogP contribution is -2.25. The molecule has 1 aromatic rings. The zero-order chi connectivity index (χ0) is 15.5. The van der Waals surface area contributed by atoms with Gasteiger partial charge in [0.2, 0.25) is 15.9 Å². The van der Waals surface area contributed by atoms with Gasteiger partial charge >= 0.3 is 0 Å². The van der Waals surface area contributed by atoms with Crippen molar-refractivity contribution in [3.05, 3.63) is 23.8 Å². The van der Waals surface area contributed by atoms with E-state index in [9.17, 15) is 13.2 Å². The Morgan fingerprint density at radius 2 is 2.05 bits per heavy atom. The smallest absolute Gasteiger partial charge is 0.240 e. The maximum Gasteiger partial charge on any atom is 0.240 e. The van der Waals surface area contributed by atoms with Gasteiger partial charge in [-0.05, 0) is 43.0 Å². The third-order valence-electron chi connectivity index (χ3n) is 3.57. The number of likely N-dealkylation sites (N-methyl/N-ethyl adjacent to an activating group) is 1. The van der Waals surface area contributed by atoms with Crippen LogP contribution in [0.15, 0.2) is 23.1 Å². The summed E-state index contributed by atoms with van der Waals surface area (Å²) in [5.41, 5.74) is 1.51. The first-order valence-electron chi connectivity index (χ1n) is 6.96. The van der Waals surface area contributed by atoms with E-state index in [1.807, 2.05) is 0 Å². The lowest BCUT2D eigenvalue weighted by Gasteiger charge is -2.11. The highest BCUT2D eigenvalue weighted by Crippen LogP contribution is 2.29. The predicted molar refractivity (Wildman–Crippen MR) is 79.7 cm³/mol. The van der Waals surface area contributed by atoms with Gasteiger partial charge in [0, 0.05) is 25.9 Å². The van der Waals surface area contributed by atoms with E-state index in [2.05, 4.69) is 4.72 Å². The second kappa shape index (κ2) is 6.55. The number of fused-ring (bicyclic) bond motifs is 1. The zero-order valence-corrected chi connectivity index (χ0v) is 12.8. The fraction of sp³-hybridized carbons (Fsp3) is 0.500. The van der Waals surface area contributed by atoms with E-state index in [-0.39, 0.29) is 23.8 Å². The van der Waals surface area contributed by atoms with Crippen LogP contribution in [0.4, 0.5) is 5.69 Å². The molecule has 0 bridgehead atoms. The minimum Gasteiger partial charge on any atom is -0.396 e. The van der Waals surface area contributed by atoms with Crippen LogP contribution in [0.3, 0.4) is 0 Å². The highest BCUT2D eigenvalue weighted by atomic mass is 32.2. The lowest BCUT2D eigenvalue weighted by molar-refractivity contribution is -0.117. The van der Waals surface area contributed by atoms with Gasteiger partial charge in [-0.1, -0.05) is 0 Å². The Balaban J connectivity index is 2.05. The Bertz CT molecular complexity index is 628. The summed E-state index contributed by atoms with van der Waals surface area (Å²) < 4.78 is 26.9. The minimum atomic E-state index is -3.55. The third-order valence-corrected chi connectivity index (χ3v) is 5.02. The standard InChI is InChI=1S/C14H20N2O4S/c1-16-13-6-5-12(9-11(13)10-14(16)18)21(19,20)15-7-3-2-4-8-17/h5-6,9,15,17H,2-4,7-8,10H2,1H3. The molecule has 0 saturated carbocycles. The molecule has 0 radical (unpaired) electrons. The normalized spacial score (nSPS) is 14.6. The molecule has 0 atom stereocenters. The Morgan fingerprint density at radius 3 is 2.76 bits per heavy atom. The zero-order valence-electron chi connectivity index (χ0n) is 12.0. The number of rotatable bonds is 7. The molecule has 6 nitrogen and oxygen atoms in total. The van der Waals surface area contributed by atoms with Gasteiger partial charge in [-0.3, -0.25) is 4.79 Å². The molecule has 116 valence electrons. The number of benzene rings is 1. The molecular formula is C14H20N2O4S. The molecule has 1 aliphatic rings. The summed E-state index contributed by atoms with van der Waals surface area (Å²) in [5, 5.41) is 8.67. The summed E-state index contributed by atoms with van der Waals surface area (Å²) in [4.78, 5) is 13.3. The first-order chi connectivity index (χ1) is 9.95. The van der Waals surface area contributed by atoms with Crippen molar-refractivity contribution in [1.82, 2.24) is 4.72 Å². The van der Waals surface area contributed by atoms with Gasteiger partial charge in [0.25, 0.3) is 0 Å². The molecular weight excluding hydrogens is 292 g/mol. The van der Waals surface area contributed by atoms with Crippen LogP contribution >= 0.6 is 0 Å². The molecule has 21 heavy (non-hydrogen) atoms. The summed E-state index contributed by atoms with van der Waals surface area (Å²) in [7, 11) is -1.86. The summed E-state index contributed by atoms with van der Waals surface area (Å²) in [6, 6.07) is 4.75. The van der Waals surface area contributed by atoms with Crippen LogP contribution in [-0.2, 0) is 21.2 Å². The molecule has 0 saturated heterocycles. The highest BCUT2D eigenvalue weighted by molar-refractivity contribution is 7.89. The molecule has 2 N–H and O–H groups in total. The number of amides is 1. The summed E-state index contributed by atoms with van der Waals surface area (Å²) in [5.74, 6) is -0.0310. The van der Waals surface area contributed by atoms with Crippen molar-refractivity contribution in [2.24, 2.45) is 0 Å². The Kier molecular flexibility index (Phi) is 4.97. The average Bonchev–Trinajstić information content (AvgIpc) is 2.73. The molecule has 2 rings (SSSR count). The van der Waals surface area contributed by atoms with Gasteiger partial charge < -0.3 is 10.0 Å². The fourth-order valence-electron chi connectivity index (χ4n) is 2.32. The number of unbranched alkanes of at least 4 members (excludes halogenated alkanes) is 2. The molecule has 0 aromatic heterocycles. The molecule has 1 aliphatic heterocycles. The van der Waals surface area contributed by atoms with Gasteiger partial charge in [0.05, 0.1) is 11.3 Å². The van der Waals surface area contributed by atoms with Crippen LogP contribution in [0.25, 0.3) is 0 Å². The van der Waals surface area contributed by atoms with Crippen molar-refractivity contribution in [1.29, 1.82) is 0 Å². The Morgan fingerprint density at radius 1 is 1.29 bits per heavy atom. The van der Waals surface area contributed by atoms with E-state index in [1.54, 1.807) is 19.2 Å². The quantitative estimate of drug-likeness (QED) is 0.724. The summed E-state index contributed by atoms with van der Waals surface area (Å²) in [6.45, 7) is 0.470. The maximum atomic E-state index is 12.2. The van der Waals surface area contributed by atoms with E-state index in [4.69, 9.17) is 5.11 Å². The maximum absolute atomic E-state index is 12.2. The van der Waals surface area contributed by atoms with Crippen molar-refractivity contribution in [2.45, 2.75) is 30.6 Å². The lowest BCUT2D eigenvalue weighted by atomic mass is 10.2. The Labute approximate surface area is 124 Å². The SMILES string of the molecule is CN1C(=O)Cc2cc(S(=O)(=O)NCCCCCO)ccc21. The largest absolute Gasteiger partial charge is 0.396 e. The van der Waals surface area contributed by atoms with Gasteiger partial charge in [0.1, 0.15) is 0 Å². The van der Waals surface area contributed by atoms with Crippen LogP contribution in [0, 0.1) is 0 Å². The monoisotopic (exact) mass is 312 g/mol. The minimum absolute atomic E-state index is 0.0310. The number of aliphatic hydroxyl groups is 1. The van der Waals surface area contributed by atoms with Gasteiger partial charge in [-0.2, -0.15) is 0 Å². The number of hydrogen-bond donors (Lipinski definition) is 2. The molecule has 1 aromatic carbocycles. The first kappa shape index (κ1) is 15.9. The molecule has 1 amide bonds. The molecule has 1 heterocycles. The average molecular weight is 312 g/mol. The number of carbonyl (C=O) groups excluding carboxylic acids is 1. The molecule has 0 aliphatic carbocycles. The highest BCUT2D eigenvalue weighted by Gasteiger charge is 2.26. The second-order valence-electron chi connectivity index (χ2n) is 5.10. The van der Waals surface area contributed by atoms with E-state index in [1.165, 1.54) is 11.0 Å². The van der Waals surface area contributed by atoms with Crippen molar-refractivity contribution in [3.8, 4) is 0 Å². The van der Waals surface area contributed by atoms with Crippen LogP contribution in [0.5, 0.6) is 0 Å². The van der Waals surface area contributed by atoms with Gasteiger partial charge in [-0.15, -0.1) is 0 Å². The first-order valence-corrected chi connectivity index (χ1v) is 8.44. The van der Waals surface area contributed by atoms with Crippen molar-refractivity contribution >= 4 is 21.6 Å². The molecule has 0 spiro atoms. The van der Waals surface area contributed by atoms with E-state index >= 15 is 0 Å². The molecule has 0 unspecified atom stereocenters. The Hall–Kier alpha value is -1.44. The molecule has 7 heteroatoms. The number of carbonyl (C=O) groups is 1. The van der Waals surface area contributed by atoms with Gasteiger partial charge in [-0.25, -0.2) is 13.1 Å². The number of sulfonamides is 1. The number of hydrogen-bond acceptors (Lipinski definition) is 4. The topological polar surface area (TPSA) is 86.7 Å². The summed E-state index contributed by atoms with van der Waals surface area (Å²) >= 11 is 0. The van der Waals surface area contributed by atoms with E-state index < -0.39 is 10.0 Å². The van der Waals surface area contributed by atoms with Crippen LogP contribution in [0.1, 0.15) is 24.8 Å². The third kappa shape index (κ3) is 3.61. The second-order valence-corrected chi connectivity index (χ2v) is 6.87. The predicted octanol–water partition coefficient (Wildman–Crippen LogP) is 0.646. The number of nitrogens with one attached hydrogen (secondary N) is 1. The number of aliphatic hydroxyl groups excluding tert-OH is 1. The summed E-state index contributed by atoms with van der Waals surface area (Å²) in [6.07, 6.45) is 2.38. The number of nitrogens with zero attached hydrogens (tertiary/aromatic N) is 1. The number of anilines is 1. The van der Waals surface area contributed by atoms with Crippen molar-refractivity contribution < 1.29 is 18.3 Å². The van der Waals surface area contributed by atoms with E-state index in [0.29, 0.717) is 19.4 Å². The van der Waals surface area contributed by atoms with Crippen molar-refractivity contribution in [2.75, 3.05) is 25.1 Å². The van der Waals surface area contributed by atoms with Crippen LogP contribution in [-0.4, -0.2) is 39.6 Å². The van der Waals surface area contributed by atoms with Crippen molar-refractivity contribution in [3.63, 3.8) is 0 Å². The van der Waals surface area contributed by atoms with Crippen LogP contribution < -0.4 is 9.62 Å². The van der Waals surface area contributed by atoms with E-state index in [0.717, 1.165) is 17.7 Å². The van der Waals surface area contributed by atoms with Gasteiger partial charge in [0.15, 0.2) is 0 Å².